The molecule has 8 atom stereocenters. The molecule has 0 heterocycles. The van der Waals surface area contributed by atoms with Crippen molar-refractivity contribution in [2.75, 3.05) is 0 Å². The lowest BCUT2D eigenvalue weighted by Crippen LogP contribution is -2.39. The van der Waals surface area contributed by atoms with E-state index < -0.39 is 0 Å². The van der Waals surface area contributed by atoms with Gasteiger partial charge in [-0.3, -0.25) is 0 Å². The van der Waals surface area contributed by atoms with Gasteiger partial charge in [-0.15, -0.1) is 0 Å². The first-order valence-electron chi connectivity index (χ1n) is 13.5. The number of hydrogen-bond acceptors (Lipinski definition) is 0. The Hall–Kier alpha value is -0.780. The van der Waals surface area contributed by atoms with E-state index in [-0.39, 0.29) is 0 Å². The number of hydrogen-bond donors (Lipinski definition) is 0. The molecule has 6 rings (SSSR count). The van der Waals surface area contributed by atoms with Crippen molar-refractivity contribution < 1.29 is 0 Å². The van der Waals surface area contributed by atoms with Crippen LogP contribution in [0.15, 0.2) is 30.3 Å². The lowest BCUT2D eigenvalue weighted by atomic mass is 9.59. The molecular formula is C30H44. The Morgan fingerprint density at radius 3 is 1.80 bits per heavy atom. The molecule has 8 unspecified atom stereocenters. The van der Waals surface area contributed by atoms with Crippen molar-refractivity contribution in [3.05, 3.63) is 35.9 Å². The Labute approximate surface area is 185 Å². The molecule has 5 aliphatic rings. The van der Waals surface area contributed by atoms with Gasteiger partial charge in [-0.05, 0) is 109 Å². The Bertz CT molecular complexity index is 740. The molecule has 5 saturated carbocycles. The van der Waals surface area contributed by atoms with Crippen LogP contribution in [0.3, 0.4) is 0 Å². The second-order valence-corrected chi connectivity index (χ2v) is 13.2. The first kappa shape index (κ1) is 19.9. The van der Waals surface area contributed by atoms with E-state index in [2.05, 4.69) is 51.1 Å². The number of benzene rings is 1. The monoisotopic (exact) mass is 404 g/mol. The molecule has 5 aliphatic carbocycles. The second-order valence-electron chi connectivity index (χ2n) is 13.2. The Morgan fingerprint density at radius 1 is 0.667 bits per heavy atom. The van der Waals surface area contributed by atoms with Gasteiger partial charge in [0.25, 0.3) is 0 Å². The van der Waals surface area contributed by atoms with Gasteiger partial charge in [0.05, 0.1) is 0 Å². The minimum absolute atomic E-state index is 0.528. The fraction of sp³-hybridized carbons (Fsp3) is 0.800. The summed E-state index contributed by atoms with van der Waals surface area (Å²) in [5.74, 6) is 8.09. The molecule has 5 fully saturated rings. The molecule has 0 aliphatic heterocycles. The molecule has 0 amide bonds. The predicted octanol–water partition coefficient (Wildman–Crippen LogP) is 8.48. The third-order valence-corrected chi connectivity index (χ3v) is 11.5. The van der Waals surface area contributed by atoms with Crippen LogP contribution in [-0.4, -0.2) is 0 Å². The minimum Gasteiger partial charge on any atom is -0.0622 e. The van der Waals surface area contributed by atoms with E-state index in [9.17, 15) is 0 Å². The van der Waals surface area contributed by atoms with Crippen LogP contribution in [0.1, 0.15) is 103 Å². The fourth-order valence-electron chi connectivity index (χ4n) is 10.9. The lowest BCUT2D eigenvalue weighted by Gasteiger charge is -2.46. The van der Waals surface area contributed by atoms with Crippen molar-refractivity contribution in [3.63, 3.8) is 0 Å². The smallest absolute Gasteiger partial charge is 0.0156 e. The topological polar surface area (TPSA) is 0 Å². The highest BCUT2D eigenvalue weighted by Crippen LogP contribution is 2.73. The van der Waals surface area contributed by atoms with Gasteiger partial charge in [0.15, 0.2) is 0 Å². The van der Waals surface area contributed by atoms with Crippen LogP contribution in [0.4, 0.5) is 0 Å². The molecule has 0 nitrogen and oxygen atoms in total. The van der Waals surface area contributed by atoms with Gasteiger partial charge in [-0.2, -0.15) is 0 Å². The van der Waals surface area contributed by atoms with Crippen molar-refractivity contribution >= 4 is 0 Å². The van der Waals surface area contributed by atoms with Crippen molar-refractivity contribution in [3.8, 4) is 0 Å². The summed E-state index contributed by atoms with van der Waals surface area (Å²) >= 11 is 0. The zero-order chi connectivity index (χ0) is 20.5. The number of fused-ring (bicyclic) bond motifs is 4. The van der Waals surface area contributed by atoms with Crippen LogP contribution in [0.5, 0.6) is 0 Å². The zero-order valence-corrected chi connectivity index (χ0v) is 19.8. The molecule has 0 spiro atoms. The summed E-state index contributed by atoms with van der Waals surface area (Å²) in [6.45, 7) is 8.12. The average Bonchev–Trinajstić information content (AvgIpc) is 3.40. The summed E-state index contributed by atoms with van der Waals surface area (Å²) in [5.41, 5.74) is 2.75. The van der Waals surface area contributed by atoms with Gasteiger partial charge in [0.1, 0.15) is 0 Å². The Kier molecular flexibility index (Phi) is 4.71. The summed E-state index contributed by atoms with van der Waals surface area (Å²) in [6.07, 6.45) is 16.8. The molecule has 0 radical (unpaired) electrons. The van der Waals surface area contributed by atoms with Crippen LogP contribution in [0.2, 0.25) is 0 Å². The van der Waals surface area contributed by atoms with Gasteiger partial charge in [0.2, 0.25) is 0 Å². The van der Waals surface area contributed by atoms with Crippen molar-refractivity contribution in [1.29, 1.82) is 0 Å². The standard InChI is InChI=1S/C30H44/c1-29(2)19-30(3,27-18-21(17-26(27)29)20-11-5-4-6-12-20)28-24-15-9-7-13-22(24)23-14-8-10-16-25(23)28/h4-6,11-12,21-28H,7-10,13-19H2,1-3H3. The molecule has 0 saturated heterocycles. The van der Waals surface area contributed by atoms with Crippen LogP contribution in [-0.2, 0) is 0 Å². The maximum absolute atomic E-state index is 2.82. The molecule has 0 heteroatoms. The molecule has 0 aromatic heterocycles. The van der Waals surface area contributed by atoms with Crippen molar-refractivity contribution in [2.24, 2.45) is 52.3 Å². The molecule has 1 aromatic carbocycles. The van der Waals surface area contributed by atoms with Gasteiger partial charge >= 0.3 is 0 Å². The van der Waals surface area contributed by atoms with Crippen LogP contribution < -0.4 is 0 Å². The summed E-state index contributed by atoms with van der Waals surface area (Å²) < 4.78 is 0. The Balaban J connectivity index is 1.36. The summed E-state index contributed by atoms with van der Waals surface area (Å²) in [4.78, 5) is 0. The van der Waals surface area contributed by atoms with Gasteiger partial charge < -0.3 is 0 Å². The van der Waals surface area contributed by atoms with Crippen LogP contribution in [0, 0.1) is 52.3 Å². The third kappa shape index (κ3) is 2.84. The molecule has 0 N–H and O–H groups in total. The zero-order valence-electron chi connectivity index (χ0n) is 19.8. The van der Waals surface area contributed by atoms with Crippen LogP contribution >= 0.6 is 0 Å². The van der Waals surface area contributed by atoms with E-state index in [1.54, 1.807) is 31.2 Å². The number of rotatable bonds is 2. The minimum atomic E-state index is 0.528. The van der Waals surface area contributed by atoms with E-state index in [1.807, 2.05) is 0 Å². The van der Waals surface area contributed by atoms with E-state index in [1.165, 1.54) is 44.9 Å². The quantitative estimate of drug-likeness (QED) is 0.463. The predicted molar refractivity (Wildman–Crippen MR) is 126 cm³/mol. The van der Waals surface area contributed by atoms with Gasteiger partial charge in [-0.25, -0.2) is 0 Å². The highest BCUT2D eigenvalue weighted by molar-refractivity contribution is 5.24. The summed E-state index contributed by atoms with van der Waals surface area (Å²) in [7, 11) is 0. The maximum atomic E-state index is 2.82. The van der Waals surface area contributed by atoms with Crippen molar-refractivity contribution in [2.45, 2.75) is 97.3 Å². The van der Waals surface area contributed by atoms with E-state index in [0.717, 1.165) is 47.3 Å². The highest BCUT2D eigenvalue weighted by atomic mass is 14.7. The lowest BCUT2D eigenvalue weighted by molar-refractivity contribution is 0.0253. The van der Waals surface area contributed by atoms with E-state index in [0.29, 0.717) is 10.8 Å². The highest BCUT2D eigenvalue weighted by Gasteiger charge is 2.65. The average molecular weight is 405 g/mol. The normalized spacial score (nSPS) is 49.4. The summed E-state index contributed by atoms with van der Waals surface area (Å²) in [5, 5.41) is 0. The van der Waals surface area contributed by atoms with E-state index >= 15 is 0 Å². The third-order valence-electron chi connectivity index (χ3n) is 11.5. The van der Waals surface area contributed by atoms with Crippen molar-refractivity contribution in [1.82, 2.24) is 0 Å². The maximum Gasteiger partial charge on any atom is -0.0156 e. The molecule has 1 aromatic rings. The van der Waals surface area contributed by atoms with Gasteiger partial charge in [-0.1, -0.05) is 76.8 Å². The van der Waals surface area contributed by atoms with E-state index in [4.69, 9.17) is 0 Å². The SMILES string of the molecule is CC1(C)CC(C)(C2C3CCCCC3C3CCCCC32)C2CC(c3ccccc3)CC21. The van der Waals surface area contributed by atoms with Gasteiger partial charge in [0, 0.05) is 0 Å². The molecular weight excluding hydrogens is 360 g/mol. The molecule has 30 heavy (non-hydrogen) atoms. The first-order chi connectivity index (χ1) is 14.5. The molecule has 0 bridgehead atoms. The largest absolute Gasteiger partial charge is 0.0622 e. The first-order valence-corrected chi connectivity index (χ1v) is 13.5. The Morgan fingerprint density at radius 2 is 1.20 bits per heavy atom. The fourth-order valence-corrected chi connectivity index (χ4v) is 10.9. The molecule has 164 valence electrons. The van der Waals surface area contributed by atoms with Crippen LogP contribution in [0.25, 0.3) is 0 Å². The second kappa shape index (κ2) is 7.11. The summed E-state index contributed by atoms with van der Waals surface area (Å²) in [6, 6.07) is 11.6.